The highest BCUT2D eigenvalue weighted by atomic mass is 127. The standard InChI is InChI=1S/C12H9FINO2S/c13-11-7-6-9(12(14)15-11)8-18(16,17)10-4-2-1-3-5-10/h1-7H,8H2. The number of hydrogen-bond acceptors (Lipinski definition) is 3. The highest BCUT2D eigenvalue weighted by Crippen LogP contribution is 2.19. The lowest BCUT2D eigenvalue weighted by molar-refractivity contribution is 0.577. The average Bonchev–Trinajstić information content (AvgIpc) is 2.34. The van der Waals surface area contributed by atoms with E-state index in [1.54, 1.807) is 30.3 Å². The SMILES string of the molecule is O=S(=O)(Cc1ccc(F)nc1I)c1ccccc1. The summed E-state index contributed by atoms with van der Waals surface area (Å²) in [6.07, 6.45) is 0. The van der Waals surface area contributed by atoms with Gasteiger partial charge in [0.2, 0.25) is 5.95 Å². The molecule has 0 saturated carbocycles. The van der Waals surface area contributed by atoms with Crippen LogP contribution >= 0.6 is 22.6 Å². The van der Waals surface area contributed by atoms with E-state index in [0.29, 0.717) is 9.26 Å². The van der Waals surface area contributed by atoms with Gasteiger partial charge >= 0.3 is 0 Å². The molecule has 1 aromatic carbocycles. The number of nitrogens with zero attached hydrogens (tertiary/aromatic N) is 1. The average molecular weight is 377 g/mol. The number of pyridine rings is 1. The molecule has 0 aliphatic carbocycles. The van der Waals surface area contributed by atoms with Crippen LogP contribution in [-0.4, -0.2) is 13.4 Å². The lowest BCUT2D eigenvalue weighted by atomic mass is 10.3. The van der Waals surface area contributed by atoms with Crippen molar-refractivity contribution < 1.29 is 12.8 Å². The summed E-state index contributed by atoms with van der Waals surface area (Å²) in [4.78, 5) is 3.86. The molecule has 18 heavy (non-hydrogen) atoms. The zero-order valence-electron chi connectivity index (χ0n) is 9.18. The molecule has 0 N–H and O–H groups in total. The molecular weight excluding hydrogens is 368 g/mol. The van der Waals surface area contributed by atoms with Crippen molar-refractivity contribution in [1.82, 2.24) is 4.98 Å². The van der Waals surface area contributed by atoms with Gasteiger partial charge in [0.15, 0.2) is 9.84 Å². The van der Waals surface area contributed by atoms with Crippen LogP contribution in [0.1, 0.15) is 5.56 Å². The number of hydrogen-bond donors (Lipinski definition) is 0. The van der Waals surface area contributed by atoms with Crippen molar-refractivity contribution in [2.24, 2.45) is 0 Å². The topological polar surface area (TPSA) is 47.0 Å². The Morgan fingerprint density at radius 3 is 2.39 bits per heavy atom. The summed E-state index contributed by atoms with van der Waals surface area (Å²) >= 11 is 1.83. The van der Waals surface area contributed by atoms with Crippen molar-refractivity contribution in [3.8, 4) is 0 Å². The first-order valence-electron chi connectivity index (χ1n) is 5.08. The Morgan fingerprint density at radius 2 is 1.78 bits per heavy atom. The largest absolute Gasteiger partial charge is 0.223 e. The smallest absolute Gasteiger partial charge is 0.213 e. The van der Waals surface area contributed by atoms with Gasteiger partial charge in [-0.3, -0.25) is 0 Å². The summed E-state index contributed by atoms with van der Waals surface area (Å²) in [5, 5.41) is 0. The Labute approximate surface area is 118 Å². The van der Waals surface area contributed by atoms with Gasteiger partial charge in [0.05, 0.1) is 10.6 Å². The van der Waals surface area contributed by atoms with Crippen LogP contribution in [0.25, 0.3) is 0 Å². The van der Waals surface area contributed by atoms with Crippen molar-refractivity contribution in [2.45, 2.75) is 10.6 Å². The molecule has 0 bridgehead atoms. The molecule has 2 aromatic rings. The number of rotatable bonds is 3. The van der Waals surface area contributed by atoms with Crippen molar-refractivity contribution in [1.29, 1.82) is 0 Å². The van der Waals surface area contributed by atoms with E-state index in [9.17, 15) is 12.8 Å². The Balaban J connectivity index is 2.34. The quantitative estimate of drug-likeness (QED) is 0.611. The first-order chi connectivity index (χ1) is 8.49. The van der Waals surface area contributed by atoms with Gasteiger partial charge in [-0.05, 0) is 46.4 Å². The van der Waals surface area contributed by atoms with Crippen LogP contribution in [-0.2, 0) is 15.6 Å². The monoisotopic (exact) mass is 377 g/mol. The van der Waals surface area contributed by atoms with E-state index in [4.69, 9.17) is 0 Å². The van der Waals surface area contributed by atoms with Gasteiger partial charge in [-0.15, -0.1) is 0 Å². The minimum Gasteiger partial charge on any atom is -0.223 e. The molecule has 0 atom stereocenters. The van der Waals surface area contributed by atoms with E-state index in [-0.39, 0.29) is 10.6 Å². The second kappa shape index (κ2) is 5.31. The van der Waals surface area contributed by atoms with Crippen LogP contribution < -0.4 is 0 Å². The highest BCUT2D eigenvalue weighted by molar-refractivity contribution is 14.1. The van der Waals surface area contributed by atoms with Gasteiger partial charge in [0.1, 0.15) is 3.70 Å². The molecule has 3 nitrogen and oxygen atoms in total. The lowest BCUT2D eigenvalue weighted by Gasteiger charge is -2.06. The van der Waals surface area contributed by atoms with Crippen LogP contribution in [0.5, 0.6) is 0 Å². The number of benzene rings is 1. The third-order valence-corrected chi connectivity index (χ3v) is 4.96. The molecule has 0 fully saturated rings. The molecule has 6 heteroatoms. The van der Waals surface area contributed by atoms with Gasteiger partial charge in [-0.25, -0.2) is 13.4 Å². The van der Waals surface area contributed by atoms with Crippen molar-refractivity contribution in [3.63, 3.8) is 0 Å². The molecule has 0 saturated heterocycles. The zero-order chi connectivity index (χ0) is 13.2. The zero-order valence-corrected chi connectivity index (χ0v) is 12.2. The van der Waals surface area contributed by atoms with Gasteiger partial charge < -0.3 is 0 Å². The Hall–Kier alpha value is -1.02. The fourth-order valence-corrected chi connectivity index (χ4v) is 3.71. The van der Waals surface area contributed by atoms with Crippen LogP contribution in [0, 0.1) is 9.65 Å². The van der Waals surface area contributed by atoms with E-state index in [1.807, 2.05) is 22.6 Å². The summed E-state index contributed by atoms with van der Waals surface area (Å²) in [6, 6.07) is 10.8. The third kappa shape index (κ3) is 3.05. The minimum absolute atomic E-state index is 0.178. The summed E-state index contributed by atoms with van der Waals surface area (Å²) in [6.45, 7) is 0. The van der Waals surface area contributed by atoms with Gasteiger partial charge in [-0.2, -0.15) is 4.39 Å². The lowest BCUT2D eigenvalue weighted by Crippen LogP contribution is -2.07. The second-order valence-electron chi connectivity index (χ2n) is 3.66. The van der Waals surface area contributed by atoms with Crippen molar-refractivity contribution >= 4 is 32.4 Å². The normalized spacial score (nSPS) is 11.4. The number of aromatic nitrogens is 1. The molecule has 1 aromatic heterocycles. The molecule has 0 unspecified atom stereocenters. The molecule has 0 amide bonds. The first kappa shape index (κ1) is 13.4. The van der Waals surface area contributed by atoms with Crippen LogP contribution in [0.4, 0.5) is 4.39 Å². The third-order valence-electron chi connectivity index (χ3n) is 2.34. The fraction of sp³-hybridized carbons (Fsp3) is 0.0833. The van der Waals surface area contributed by atoms with Crippen LogP contribution in [0.15, 0.2) is 47.4 Å². The maximum atomic E-state index is 12.8. The van der Waals surface area contributed by atoms with E-state index in [0.717, 1.165) is 6.07 Å². The second-order valence-corrected chi connectivity index (χ2v) is 6.67. The Kier molecular flexibility index (Phi) is 3.96. The highest BCUT2D eigenvalue weighted by Gasteiger charge is 2.17. The number of halogens is 2. The van der Waals surface area contributed by atoms with Crippen LogP contribution in [0.3, 0.4) is 0 Å². The maximum Gasteiger partial charge on any atom is 0.213 e. The van der Waals surface area contributed by atoms with E-state index in [2.05, 4.69) is 4.98 Å². The summed E-state index contributed by atoms with van der Waals surface area (Å²) in [5.74, 6) is -0.789. The Bertz CT molecular complexity index is 659. The fourth-order valence-electron chi connectivity index (χ4n) is 1.46. The first-order valence-corrected chi connectivity index (χ1v) is 7.81. The summed E-state index contributed by atoms with van der Waals surface area (Å²) in [5.41, 5.74) is 0.501. The van der Waals surface area contributed by atoms with E-state index in [1.165, 1.54) is 6.07 Å². The van der Waals surface area contributed by atoms with Gasteiger partial charge in [-0.1, -0.05) is 24.3 Å². The molecule has 1 heterocycles. The predicted octanol–water partition coefficient (Wildman–Crippen LogP) is 2.80. The molecule has 2 rings (SSSR count). The molecule has 0 spiro atoms. The summed E-state index contributed by atoms with van der Waals surface area (Å²) in [7, 11) is -3.42. The molecule has 0 aliphatic heterocycles. The molecule has 0 aliphatic rings. The molecular formula is C12H9FINO2S. The Morgan fingerprint density at radius 1 is 1.11 bits per heavy atom. The molecule has 0 radical (unpaired) electrons. The summed E-state index contributed by atoms with van der Waals surface area (Å²) < 4.78 is 37.4. The van der Waals surface area contributed by atoms with Crippen LogP contribution in [0.2, 0.25) is 0 Å². The van der Waals surface area contributed by atoms with Gasteiger partial charge in [0.25, 0.3) is 0 Å². The van der Waals surface area contributed by atoms with Gasteiger partial charge in [0, 0.05) is 0 Å². The predicted molar refractivity (Wildman–Crippen MR) is 74.2 cm³/mol. The van der Waals surface area contributed by atoms with Crippen molar-refractivity contribution in [2.75, 3.05) is 0 Å². The van der Waals surface area contributed by atoms with Crippen molar-refractivity contribution in [3.05, 3.63) is 57.7 Å². The maximum absolute atomic E-state index is 12.8. The minimum atomic E-state index is -3.42. The van der Waals surface area contributed by atoms with E-state index >= 15 is 0 Å². The molecule has 94 valence electrons. The van der Waals surface area contributed by atoms with E-state index < -0.39 is 15.8 Å². The number of sulfone groups is 1.